The number of methoxy groups -OCH3 is 2. The van der Waals surface area contributed by atoms with Crippen LogP contribution in [-0.2, 0) is 14.3 Å². The molecule has 0 unspecified atom stereocenters. The monoisotopic (exact) mass is 499 g/mol. The number of hydrogen-bond donors (Lipinski definition) is 1. The summed E-state index contributed by atoms with van der Waals surface area (Å²) in [5.74, 6) is -0.646. The number of carbonyl (C=O) groups is 3. The van der Waals surface area contributed by atoms with Crippen LogP contribution in [0.1, 0.15) is 34.7 Å². The fourth-order valence-electron chi connectivity index (χ4n) is 4.02. The average molecular weight is 500 g/mol. The Kier molecular flexibility index (Phi) is 9.31. The summed E-state index contributed by atoms with van der Waals surface area (Å²) in [6.07, 6.45) is 4.10. The lowest BCUT2D eigenvalue weighted by molar-refractivity contribution is -0.119. The Balaban J connectivity index is 1.97. The largest absolute Gasteiger partial charge is 0.491 e. The molecular formula is C25H33N5O6. The molecule has 1 aromatic heterocycles. The number of likely N-dealkylation sites (N-methyl/N-ethyl adjacent to an activating group) is 1. The topological polar surface area (TPSA) is 123 Å². The summed E-state index contributed by atoms with van der Waals surface area (Å²) in [5.41, 5.74) is 1.03. The van der Waals surface area contributed by atoms with Crippen LogP contribution in [-0.4, -0.2) is 97.2 Å². The number of nitrogens with zero attached hydrogens (tertiary/aromatic N) is 4. The van der Waals surface area contributed by atoms with Crippen molar-refractivity contribution in [3.05, 3.63) is 48.0 Å². The van der Waals surface area contributed by atoms with Crippen LogP contribution in [0.4, 0.5) is 5.69 Å². The zero-order valence-electron chi connectivity index (χ0n) is 21.3. The van der Waals surface area contributed by atoms with Crippen molar-refractivity contribution >= 4 is 23.4 Å². The number of ether oxygens (including phenoxy) is 3. The van der Waals surface area contributed by atoms with Crippen molar-refractivity contribution < 1.29 is 28.6 Å². The molecule has 0 aliphatic carbocycles. The van der Waals surface area contributed by atoms with Gasteiger partial charge in [-0.1, -0.05) is 6.92 Å². The molecule has 36 heavy (non-hydrogen) atoms. The minimum Gasteiger partial charge on any atom is -0.491 e. The minimum atomic E-state index is -0.369. The molecule has 0 saturated heterocycles. The summed E-state index contributed by atoms with van der Waals surface area (Å²) in [7, 11) is 4.71. The van der Waals surface area contributed by atoms with Crippen molar-refractivity contribution in [2.24, 2.45) is 5.92 Å². The quantitative estimate of drug-likeness (QED) is 0.660. The zero-order valence-corrected chi connectivity index (χ0v) is 21.3. The summed E-state index contributed by atoms with van der Waals surface area (Å²) in [6, 6.07) is 4.47. The van der Waals surface area contributed by atoms with Crippen molar-refractivity contribution in [1.29, 1.82) is 0 Å². The Labute approximate surface area is 210 Å². The first kappa shape index (κ1) is 27.0. The maximum Gasteiger partial charge on any atom is 0.274 e. The molecule has 194 valence electrons. The molecule has 0 bridgehead atoms. The van der Waals surface area contributed by atoms with Gasteiger partial charge in [-0.3, -0.25) is 19.4 Å². The van der Waals surface area contributed by atoms with Crippen LogP contribution in [0.5, 0.6) is 5.75 Å². The Morgan fingerprint density at radius 1 is 1.19 bits per heavy atom. The number of amides is 3. The molecular weight excluding hydrogens is 466 g/mol. The van der Waals surface area contributed by atoms with Crippen molar-refractivity contribution in [3.8, 4) is 5.75 Å². The first-order valence-electron chi connectivity index (χ1n) is 11.7. The third kappa shape index (κ3) is 6.55. The average Bonchev–Trinajstić information content (AvgIpc) is 2.88. The first-order chi connectivity index (χ1) is 17.2. The standard InChI is InChI=1S/C25H33N5O6/c1-16-12-30(25(33)20-11-26-8-9-27-20)17(2)14-36-21-10-18(28-23(31)15-34-4)6-7-19(21)24(32)29(3)13-22(16)35-5/h6-11,16-17,22H,12-15H2,1-5H3,(H,28,31)/t16-,17-,22-/m1/s1. The Bertz CT molecular complexity index is 1070. The Morgan fingerprint density at radius 2 is 1.97 bits per heavy atom. The number of aromatic nitrogens is 2. The van der Waals surface area contributed by atoms with Crippen LogP contribution in [0.25, 0.3) is 0 Å². The van der Waals surface area contributed by atoms with Gasteiger partial charge in [0.25, 0.3) is 11.8 Å². The molecule has 1 aliphatic rings. The van der Waals surface area contributed by atoms with Crippen LogP contribution in [0.15, 0.2) is 36.8 Å². The molecule has 1 aliphatic heterocycles. The van der Waals surface area contributed by atoms with Gasteiger partial charge in [0.1, 0.15) is 24.7 Å². The highest BCUT2D eigenvalue weighted by molar-refractivity contribution is 5.98. The minimum absolute atomic E-state index is 0.0920. The SMILES string of the molecule is COCC(=O)Nc1ccc2c(c1)OC[C@@H](C)N(C(=O)c1cnccn1)C[C@@H](C)[C@H](OC)CN(C)C2=O. The van der Waals surface area contributed by atoms with Gasteiger partial charge in [-0.25, -0.2) is 4.98 Å². The second-order valence-electron chi connectivity index (χ2n) is 8.84. The Hall–Kier alpha value is -3.57. The van der Waals surface area contributed by atoms with E-state index in [1.165, 1.54) is 25.7 Å². The highest BCUT2D eigenvalue weighted by Gasteiger charge is 2.31. The molecule has 2 aromatic rings. The van der Waals surface area contributed by atoms with Crippen LogP contribution >= 0.6 is 0 Å². The highest BCUT2D eigenvalue weighted by Crippen LogP contribution is 2.27. The third-order valence-corrected chi connectivity index (χ3v) is 6.05. The maximum absolute atomic E-state index is 13.4. The van der Waals surface area contributed by atoms with E-state index in [-0.39, 0.29) is 54.7 Å². The van der Waals surface area contributed by atoms with Crippen LogP contribution < -0.4 is 10.1 Å². The van der Waals surface area contributed by atoms with E-state index in [2.05, 4.69) is 15.3 Å². The van der Waals surface area contributed by atoms with E-state index in [1.54, 1.807) is 42.2 Å². The molecule has 3 atom stereocenters. The molecule has 2 heterocycles. The summed E-state index contributed by atoms with van der Waals surface area (Å²) in [6.45, 7) is 4.52. The van der Waals surface area contributed by atoms with Gasteiger partial charge in [0, 0.05) is 64.4 Å². The van der Waals surface area contributed by atoms with Crippen LogP contribution in [0.3, 0.4) is 0 Å². The van der Waals surface area contributed by atoms with E-state index in [0.717, 1.165) is 0 Å². The van der Waals surface area contributed by atoms with Crippen molar-refractivity contribution in [1.82, 2.24) is 19.8 Å². The number of benzene rings is 1. The zero-order chi connectivity index (χ0) is 26.2. The summed E-state index contributed by atoms with van der Waals surface area (Å²) < 4.78 is 16.7. The van der Waals surface area contributed by atoms with E-state index in [4.69, 9.17) is 14.2 Å². The van der Waals surface area contributed by atoms with Crippen molar-refractivity contribution in [3.63, 3.8) is 0 Å². The van der Waals surface area contributed by atoms with Gasteiger partial charge in [-0.05, 0) is 19.1 Å². The number of fused-ring (bicyclic) bond motifs is 1. The van der Waals surface area contributed by atoms with E-state index >= 15 is 0 Å². The van der Waals surface area contributed by atoms with Gasteiger partial charge in [0.15, 0.2) is 0 Å². The summed E-state index contributed by atoms with van der Waals surface area (Å²) in [5, 5.41) is 2.72. The smallest absolute Gasteiger partial charge is 0.274 e. The molecule has 11 heteroatoms. The molecule has 11 nitrogen and oxygen atoms in total. The summed E-state index contributed by atoms with van der Waals surface area (Å²) in [4.78, 5) is 50.1. The fraction of sp³-hybridized carbons (Fsp3) is 0.480. The highest BCUT2D eigenvalue weighted by atomic mass is 16.5. The van der Waals surface area contributed by atoms with E-state index in [1.807, 2.05) is 13.8 Å². The van der Waals surface area contributed by atoms with Crippen molar-refractivity contribution in [2.75, 3.05) is 52.9 Å². The number of rotatable bonds is 5. The number of hydrogen-bond acceptors (Lipinski definition) is 8. The van der Waals surface area contributed by atoms with E-state index in [9.17, 15) is 14.4 Å². The lowest BCUT2D eigenvalue weighted by Crippen LogP contribution is -2.48. The van der Waals surface area contributed by atoms with Gasteiger partial charge >= 0.3 is 0 Å². The lowest BCUT2D eigenvalue weighted by Gasteiger charge is -2.35. The number of carbonyl (C=O) groups excluding carboxylic acids is 3. The second-order valence-corrected chi connectivity index (χ2v) is 8.84. The first-order valence-corrected chi connectivity index (χ1v) is 11.7. The molecule has 1 aromatic carbocycles. The Morgan fingerprint density at radius 3 is 2.64 bits per heavy atom. The van der Waals surface area contributed by atoms with E-state index in [0.29, 0.717) is 30.1 Å². The lowest BCUT2D eigenvalue weighted by atomic mass is 10.0. The van der Waals surface area contributed by atoms with E-state index < -0.39 is 0 Å². The van der Waals surface area contributed by atoms with Crippen LogP contribution in [0, 0.1) is 5.92 Å². The molecule has 3 rings (SSSR count). The van der Waals surface area contributed by atoms with Gasteiger partial charge in [0.2, 0.25) is 5.91 Å². The van der Waals surface area contributed by atoms with Gasteiger partial charge in [-0.15, -0.1) is 0 Å². The van der Waals surface area contributed by atoms with Gasteiger partial charge < -0.3 is 29.3 Å². The van der Waals surface area contributed by atoms with Crippen LogP contribution in [0.2, 0.25) is 0 Å². The van der Waals surface area contributed by atoms with Gasteiger partial charge in [-0.2, -0.15) is 0 Å². The molecule has 3 amide bonds. The number of anilines is 1. The molecule has 0 radical (unpaired) electrons. The molecule has 0 fully saturated rings. The third-order valence-electron chi connectivity index (χ3n) is 6.05. The molecule has 0 spiro atoms. The normalized spacial score (nSPS) is 21.0. The fourth-order valence-corrected chi connectivity index (χ4v) is 4.02. The second kappa shape index (κ2) is 12.4. The number of nitrogens with one attached hydrogen (secondary N) is 1. The molecule has 1 N–H and O–H groups in total. The van der Waals surface area contributed by atoms with Crippen molar-refractivity contribution in [2.45, 2.75) is 26.0 Å². The van der Waals surface area contributed by atoms with Gasteiger partial charge in [0.05, 0.1) is 23.9 Å². The predicted molar refractivity (Wildman–Crippen MR) is 132 cm³/mol. The molecule has 0 saturated carbocycles. The maximum atomic E-state index is 13.4. The summed E-state index contributed by atoms with van der Waals surface area (Å²) >= 11 is 0. The predicted octanol–water partition coefficient (Wildman–Crippen LogP) is 1.71.